The van der Waals surface area contributed by atoms with Crippen LogP contribution in [0.5, 0.6) is 11.5 Å². The van der Waals surface area contributed by atoms with Crippen molar-refractivity contribution in [2.24, 2.45) is 0 Å². The molecule has 1 unspecified atom stereocenters. The van der Waals surface area contributed by atoms with Gasteiger partial charge in [-0.15, -0.1) is 0 Å². The Hall–Kier alpha value is -6.66. The minimum atomic E-state index is -3.89. The number of ether oxygens (including phenoxy) is 4. The van der Waals surface area contributed by atoms with Crippen molar-refractivity contribution < 1.29 is 32.8 Å². The van der Waals surface area contributed by atoms with Gasteiger partial charge in [0.05, 0.1) is 20.3 Å². The maximum Gasteiger partial charge on any atom is 0.351 e. The number of aliphatic hydroxyl groups excluding tert-OH is 1. The summed E-state index contributed by atoms with van der Waals surface area (Å²) in [5.41, 5.74) is 0.422. The Kier molecular flexibility index (Phi) is 12.5. The van der Waals surface area contributed by atoms with Gasteiger partial charge in [0.15, 0.2) is 6.10 Å². The lowest BCUT2D eigenvalue weighted by atomic mass is 9.77. The normalized spacial score (nSPS) is 17.8. The van der Waals surface area contributed by atoms with Gasteiger partial charge in [0.1, 0.15) is 34.6 Å². The van der Waals surface area contributed by atoms with E-state index in [9.17, 15) is 9.90 Å². The molecule has 0 bridgehead atoms. The van der Waals surface area contributed by atoms with E-state index in [1.165, 1.54) is 12.3 Å². The van der Waals surface area contributed by atoms with E-state index >= 15 is 8.78 Å². The Labute approximate surface area is 365 Å². The summed E-state index contributed by atoms with van der Waals surface area (Å²) in [5.74, 6) is -2.53. The lowest BCUT2D eigenvalue weighted by molar-refractivity contribution is -0.182. The van der Waals surface area contributed by atoms with E-state index in [1.54, 1.807) is 38.5 Å². The highest BCUT2D eigenvalue weighted by atomic mass is 19.3. The van der Waals surface area contributed by atoms with Gasteiger partial charge in [0.25, 0.3) is 0 Å². The maximum absolute atomic E-state index is 17.7. The van der Waals surface area contributed by atoms with Crippen molar-refractivity contribution in [2.45, 2.75) is 61.4 Å². The van der Waals surface area contributed by atoms with Gasteiger partial charge in [-0.05, 0) is 70.1 Å². The summed E-state index contributed by atoms with van der Waals surface area (Å²) in [6, 6.07) is 53.7. The second-order valence-electron chi connectivity index (χ2n) is 15.5. The summed E-state index contributed by atoms with van der Waals surface area (Å²) >= 11 is 0. The summed E-state index contributed by atoms with van der Waals surface area (Å²) < 4.78 is 60.2. The van der Waals surface area contributed by atoms with Crippen molar-refractivity contribution >= 4 is 5.82 Å². The van der Waals surface area contributed by atoms with Gasteiger partial charge < -0.3 is 29.4 Å². The molecule has 2 heterocycles. The number of aromatic nitrogens is 2. The van der Waals surface area contributed by atoms with Crippen LogP contribution in [0.15, 0.2) is 187 Å². The first-order valence-corrected chi connectivity index (χ1v) is 20.9. The molecule has 1 aliphatic rings. The third-order valence-corrected chi connectivity index (χ3v) is 11.8. The molecule has 2 N–H and O–H groups in total. The molecule has 0 saturated carbocycles. The monoisotopic (exact) mass is 849 g/mol. The molecule has 11 heteroatoms. The Morgan fingerprint density at radius 1 is 0.683 bits per heavy atom. The number of nitrogens with zero attached hydrogens (tertiary/aromatic N) is 2. The molecule has 7 aromatic rings. The third kappa shape index (κ3) is 8.11. The molecular weight excluding hydrogens is 801 g/mol. The minimum absolute atomic E-state index is 0.128. The number of nitrogens with one attached hydrogen (secondary N) is 1. The Balaban J connectivity index is 1.23. The van der Waals surface area contributed by atoms with Crippen LogP contribution in [0.25, 0.3) is 0 Å². The second-order valence-corrected chi connectivity index (χ2v) is 15.5. The fraction of sp³-hybridized carbons (Fsp3) is 0.231. The summed E-state index contributed by atoms with van der Waals surface area (Å²) in [6.07, 6.45) is -5.31. The first kappa shape index (κ1) is 43.0. The highest BCUT2D eigenvalue weighted by Crippen LogP contribution is 2.51. The van der Waals surface area contributed by atoms with Gasteiger partial charge in [0, 0.05) is 6.20 Å². The molecule has 1 aliphatic heterocycles. The van der Waals surface area contributed by atoms with Gasteiger partial charge in [0.2, 0.25) is 6.23 Å². The zero-order chi connectivity index (χ0) is 44.0. The maximum atomic E-state index is 17.7. The van der Waals surface area contributed by atoms with Crippen molar-refractivity contribution in [2.75, 3.05) is 19.5 Å². The predicted octanol–water partition coefficient (Wildman–Crippen LogP) is 9.74. The lowest BCUT2D eigenvalue weighted by Crippen LogP contribution is -2.50. The quantitative estimate of drug-likeness (QED) is 0.0928. The first-order valence-electron chi connectivity index (χ1n) is 20.9. The standard InChI is InChI=1S/C52H49F2N3O6/c1-4-17-44(58)46-47(63-51(39-22-13-7-14-23-39,40-24-15-8-16-25-40)41-28-32-43(61-3)33-29-41)52(53,54)48(62-46)57-35-34-45(55-49(57)59)56-50(36-18-9-5-10-19-36,37-20-11-6-12-21-37)38-26-30-42(60-2)31-27-38/h5-16,18-35,44,46-48,58H,4,17H2,1-3H3,(H,55,56,59)/t44?,46-,47-,48-/m1/s1. The summed E-state index contributed by atoms with van der Waals surface area (Å²) in [6.45, 7) is 1.84. The Morgan fingerprint density at radius 3 is 1.56 bits per heavy atom. The molecule has 0 amide bonds. The topological polar surface area (TPSA) is 104 Å². The van der Waals surface area contributed by atoms with E-state index in [-0.39, 0.29) is 12.2 Å². The van der Waals surface area contributed by atoms with Crippen molar-refractivity contribution in [1.29, 1.82) is 0 Å². The van der Waals surface area contributed by atoms with Crippen LogP contribution < -0.4 is 20.5 Å². The van der Waals surface area contributed by atoms with Crippen molar-refractivity contribution in [3.05, 3.63) is 226 Å². The first-order chi connectivity index (χ1) is 30.6. The molecule has 322 valence electrons. The number of anilines is 1. The third-order valence-electron chi connectivity index (χ3n) is 11.8. The summed E-state index contributed by atoms with van der Waals surface area (Å²) in [7, 11) is 3.14. The van der Waals surface area contributed by atoms with E-state index in [0.717, 1.165) is 21.3 Å². The van der Waals surface area contributed by atoms with Crippen molar-refractivity contribution in [1.82, 2.24) is 9.55 Å². The average molecular weight is 850 g/mol. The van der Waals surface area contributed by atoms with Crippen molar-refractivity contribution in [3.8, 4) is 11.5 Å². The SMILES string of the molecule is CCCC(O)[C@H]1O[C@@H](n2ccc(NC(c3ccccc3)(c3ccccc3)c3ccc(OC)cc3)nc2=O)C(F)(F)[C@@H]1OC(c1ccccc1)(c1ccccc1)c1ccc(OC)cc1. The number of alkyl halides is 2. The largest absolute Gasteiger partial charge is 0.497 e. The van der Waals surface area contributed by atoms with Crippen molar-refractivity contribution in [3.63, 3.8) is 0 Å². The van der Waals surface area contributed by atoms with Crippen LogP contribution >= 0.6 is 0 Å². The van der Waals surface area contributed by atoms with Gasteiger partial charge in [-0.25, -0.2) is 4.79 Å². The van der Waals surface area contributed by atoms with E-state index in [4.69, 9.17) is 18.9 Å². The highest BCUT2D eigenvalue weighted by Gasteiger charge is 2.64. The molecular formula is C52H49F2N3O6. The zero-order valence-corrected chi connectivity index (χ0v) is 35.2. The number of aliphatic hydroxyl groups is 1. The smallest absolute Gasteiger partial charge is 0.351 e. The molecule has 0 spiro atoms. The van der Waals surface area contributed by atoms with Gasteiger partial charge in [-0.3, -0.25) is 4.57 Å². The van der Waals surface area contributed by atoms with Gasteiger partial charge >= 0.3 is 11.6 Å². The van der Waals surface area contributed by atoms with Crippen LogP contribution in [0.2, 0.25) is 0 Å². The predicted molar refractivity (Wildman–Crippen MR) is 238 cm³/mol. The fourth-order valence-corrected chi connectivity index (χ4v) is 8.67. The van der Waals surface area contributed by atoms with Crippen LogP contribution in [-0.4, -0.2) is 53.1 Å². The lowest BCUT2D eigenvalue weighted by Gasteiger charge is -2.40. The molecule has 63 heavy (non-hydrogen) atoms. The summed E-state index contributed by atoms with van der Waals surface area (Å²) in [5, 5.41) is 15.2. The number of halogens is 2. The van der Waals surface area contributed by atoms with Crippen LogP contribution in [0.4, 0.5) is 14.6 Å². The summed E-state index contributed by atoms with van der Waals surface area (Å²) in [4.78, 5) is 18.7. The number of hydrogen-bond acceptors (Lipinski definition) is 8. The molecule has 1 aromatic heterocycles. The fourth-order valence-electron chi connectivity index (χ4n) is 8.67. The van der Waals surface area contributed by atoms with E-state index in [2.05, 4.69) is 10.3 Å². The van der Waals surface area contributed by atoms with Crippen LogP contribution in [0.3, 0.4) is 0 Å². The Morgan fingerprint density at radius 2 is 1.11 bits per heavy atom. The van der Waals surface area contributed by atoms with Gasteiger partial charge in [-0.2, -0.15) is 13.8 Å². The molecule has 1 fully saturated rings. The van der Waals surface area contributed by atoms with Crippen LogP contribution in [0.1, 0.15) is 59.4 Å². The molecule has 9 nitrogen and oxygen atoms in total. The zero-order valence-electron chi connectivity index (χ0n) is 35.2. The van der Waals surface area contributed by atoms with E-state index in [0.29, 0.717) is 34.6 Å². The van der Waals surface area contributed by atoms with E-state index in [1.807, 2.05) is 153 Å². The number of benzene rings is 6. The van der Waals surface area contributed by atoms with E-state index < -0.39 is 47.3 Å². The number of hydrogen-bond donors (Lipinski definition) is 2. The second kappa shape index (κ2) is 18.4. The molecule has 8 rings (SSSR count). The van der Waals surface area contributed by atoms with Crippen LogP contribution in [0, 0.1) is 0 Å². The molecule has 6 aromatic carbocycles. The van der Waals surface area contributed by atoms with Crippen LogP contribution in [-0.2, 0) is 20.6 Å². The Bertz CT molecular complexity index is 2540. The highest BCUT2D eigenvalue weighted by molar-refractivity contribution is 5.58. The molecule has 0 radical (unpaired) electrons. The molecule has 0 aliphatic carbocycles. The minimum Gasteiger partial charge on any atom is -0.497 e. The molecule has 1 saturated heterocycles. The van der Waals surface area contributed by atoms with Gasteiger partial charge in [-0.1, -0.05) is 159 Å². The number of methoxy groups -OCH3 is 2. The molecule has 4 atom stereocenters. The number of rotatable bonds is 16. The average Bonchev–Trinajstić information content (AvgIpc) is 3.59.